The molecule has 0 aromatic rings. The van der Waals surface area contributed by atoms with Gasteiger partial charge in [-0.05, 0) is 31.5 Å². The molecule has 0 radical (unpaired) electrons. The molecule has 0 saturated heterocycles. The Balaban J connectivity index is 4.99. The fourth-order valence-electron chi connectivity index (χ4n) is 1.71. The third-order valence-electron chi connectivity index (χ3n) is 4.03. The predicted molar refractivity (Wildman–Crippen MR) is 86.2 cm³/mol. The second kappa shape index (κ2) is 8.61. The monoisotopic (exact) mass is 298 g/mol. The van der Waals surface area contributed by atoms with Gasteiger partial charge in [0.05, 0.1) is 12.2 Å². The number of hydrogen-bond acceptors (Lipinski definition) is 3. The molecule has 116 valence electrons. The van der Waals surface area contributed by atoms with E-state index < -0.39 is 8.32 Å². The first-order valence-corrected chi connectivity index (χ1v) is 10.1. The van der Waals surface area contributed by atoms with Crippen LogP contribution in [-0.2, 0) is 14.0 Å². The summed E-state index contributed by atoms with van der Waals surface area (Å²) in [5.74, 6) is 5.97. The molecule has 0 aromatic heterocycles. The Morgan fingerprint density at radius 1 is 1.25 bits per heavy atom. The summed E-state index contributed by atoms with van der Waals surface area (Å²) in [6, 6.07) is 0. The first-order chi connectivity index (χ1) is 9.19. The van der Waals surface area contributed by atoms with Gasteiger partial charge in [0.15, 0.2) is 8.32 Å². The fourth-order valence-corrected chi connectivity index (χ4v) is 3.09. The Bertz CT molecular complexity index is 347. The van der Waals surface area contributed by atoms with E-state index in [9.17, 15) is 4.79 Å². The van der Waals surface area contributed by atoms with E-state index in [-0.39, 0.29) is 17.2 Å². The summed E-state index contributed by atoms with van der Waals surface area (Å²) in [5.41, 5.74) is 0. The summed E-state index contributed by atoms with van der Waals surface area (Å²) in [6.45, 7) is 12.9. The number of carbonyl (C=O) groups excluding carboxylic acids is 1. The fraction of sp³-hybridized carbons (Fsp3) is 0.812. The van der Waals surface area contributed by atoms with E-state index in [2.05, 4.69) is 45.7 Å². The topological polar surface area (TPSA) is 35.5 Å². The largest absolute Gasteiger partial charge is 0.411 e. The highest BCUT2D eigenvalue weighted by molar-refractivity contribution is 6.74. The molecule has 0 aliphatic rings. The van der Waals surface area contributed by atoms with Crippen LogP contribution in [0.5, 0.6) is 0 Å². The van der Waals surface area contributed by atoms with E-state index in [1.807, 2.05) is 6.92 Å². The molecule has 0 heterocycles. The van der Waals surface area contributed by atoms with E-state index >= 15 is 0 Å². The third kappa shape index (κ3) is 6.21. The molecular weight excluding hydrogens is 268 g/mol. The first-order valence-electron chi connectivity index (χ1n) is 7.23. The standard InChI is InChI=1S/C16H30O3Si/c1-8-9-10-11-15(14(18-5)12-13-17)19-20(6,7)16(2,3)4/h13-15H,10-12H2,1-7H3/t14-,15-/m0/s1. The Hall–Kier alpha value is -0.633. The molecule has 0 spiro atoms. The van der Waals surface area contributed by atoms with Crippen molar-refractivity contribution >= 4 is 14.6 Å². The average Bonchev–Trinajstić information content (AvgIpc) is 2.33. The lowest BCUT2D eigenvalue weighted by molar-refractivity contribution is -0.112. The molecule has 0 unspecified atom stereocenters. The minimum Gasteiger partial charge on any atom is -0.411 e. The molecule has 0 N–H and O–H groups in total. The van der Waals surface area contributed by atoms with Crippen molar-refractivity contribution in [3.05, 3.63) is 0 Å². The van der Waals surface area contributed by atoms with E-state index in [0.29, 0.717) is 6.42 Å². The molecule has 0 amide bonds. The Labute approximate surface area is 125 Å². The summed E-state index contributed by atoms with van der Waals surface area (Å²) in [7, 11) is -0.240. The van der Waals surface area contributed by atoms with Gasteiger partial charge >= 0.3 is 0 Å². The zero-order chi connectivity index (χ0) is 15.8. The van der Waals surface area contributed by atoms with Gasteiger partial charge in [-0.15, -0.1) is 11.8 Å². The van der Waals surface area contributed by atoms with Gasteiger partial charge in [0.25, 0.3) is 0 Å². The first kappa shape index (κ1) is 19.4. The quantitative estimate of drug-likeness (QED) is 0.388. The van der Waals surface area contributed by atoms with E-state index in [0.717, 1.165) is 19.1 Å². The van der Waals surface area contributed by atoms with Crippen LogP contribution >= 0.6 is 0 Å². The van der Waals surface area contributed by atoms with Gasteiger partial charge in [-0.25, -0.2) is 0 Å². The second-order valence-electron chi connectivity index (χ2n) is 6.56. The third-order valence-corrected chi connectivity index (χ3v) is 8.53. The molecule has 0 bridgehead atoms. The van der Waals surface area contributed by atoms with Gasteiger partial charge in [-0.3, -0.25) is 0 Å². The minimum absolute atomic E-state index is 0.0630. The second-order valence-corrected chi connectivity index (χ2v) is 11.3. The number of ether oxygens (including phenoxy) is 1. The highest BCUT2D eigenvalue weighted by atomic mass is 28.4. The van der Waals surface area contributed by atoms with Crippen LogP contribution in [-0.4, -0.2) is 33.9 Å². The average molecular weight is 298 g/mol. The maximum Gasteiger partial charge on any atom is 0.192 e. The molecule has 0 rings (SSSR count). The van der Waals surface area contributed by atoms with Crippen molar-refractivity contribution in [2.75, 3.05) is 7.11 Å². The molecule has 3 nitrogen and oxygen atoms in total. The van der Waals surface area contributed by atoms with Gasteiger partial charge in [0.2, 0.25) is 0 Å². The summed E-state index contributed by atoms with van der Waals surface area (Å²) in [5, 5.41) is 0.140. The van der Waals surface area contributed by atoms with Crippen molar-refractivity contribution < 1.29 is 14.0 Å². The number of carbonyl (C=O) groups is 1. The van der Waals surface area contributed by atoms with Gasteiger partial charge in [-0.2, -0.15) is 0 Å². The van der Waals surface area contributed by atoms with Gasteiger partial charge in [-0.1, -0.05) is 20.8 Å². The van der Waals surface area contributed by atoms with E-state index in [4.69, 9.17) is 9.16 Å². The maximum absolute atomic E-state index is 10.8. The molecule has 0 aromatic carbocycles. The minimum atomic E-state index is -1.88. The number of aldehydes is 1. The van der Waals surface area contributed by atoms with E-state index in [1.54, 1.807) is 7.11 Å². The van der Waals surface area contributed by atoms with Crippen molar-refractivity contribution in [3.63, 3.8) is 0 Å². The Morgan fingerprint density at radius 2 is 1.85 bits per heavy atom. The lowest BCUT2D eigenvalue weighted by Gasteiger charge is -2.41. The molecule has 2 atom stereocenters. The SMILES string of the molecule is CC#CCC[C@H](O[Si](C)(C)C(C)(C)C)[C@H](CC=O)OC. The highest BCUT2D eigenvalue weighted by Gasteiger charge is 2.40. The van der Waals surface area contributed by atoms with Crippen molar-refractivity contribution in [2.24, 2.45) is 0 Å². The van der Waals surface area contributed by atoms with Crippen LogP contribution in [0.4, 0.5) is 0 Å². The highest BCUT2D eigenvalue weighted by Crippen LogP contribution is 2.38. The van der Waals surface area contributed by atoms with Crippen molar-refractivity contribution in [1.29, 1.82) is 0 Å². The molecular formula is C16H30O3Si. The van der Waals surface area contributed by atoms with E-state index in [1.165, 1.54) is 0 Å². The van der Waals surface area contributed by atoms with Crippen molar-refractivity contribution in [1.82, 2.24) is 0 Å². The van der Waals surface area contributed by atoms with Crippen LogP contribution in [0.25, 0.3) is 0 Å². The molecule has 20 heavy (non-hydrogen) atoms. The Morgan fingerprint density at radius 3 is 2.25 bits per heavy atom. The van der Waals surface area contributed by atoms with Crippen molar-refractivity contribution in [3.8, 4) is 11.8 Å². The summed E-state index contributed by atoms with van der Waals surface area (Å²) >= 11 is 0. The molecule has 0 aliphatic carbocycles. The molecule has 0 fully saturated rings. The number of hydrogen-bond donors (Lipinski definition) is 0. The van der Waals surface area contributed by atoms with Crippen molar-refractivity contribution in [2.45, 2.75) is 77.3 Å². The smallest absolute Gasteiger partial charge is 0.192 e. The van der Waals surface area contributed by atoms with Crippen LogP contribution in [0.1, 0.15) is 47.0 Å². The zero-order valence-electron chi connectivity index (χ0n) is 14.1. The molecule has 0 aliphatic heterocycles. The zero-order valence-corrected chi connectivity index (χ0v) is 15.1. The Kier molecular flexibility index (Phi) is 8.34. The lowest BCUT2D eigenvalue weighted by Crippen LogP contribution is -2.47. The van der Waals surface area contributed by atoms with Crippen LogP contribution < -0.4 is 0 Å². The van der Waals surface area contributed by atoms with Crippen LogP contribution in [0.15, 0.2) is 0 Å². The van der Waals surface area contributed by atoms with Gasteiger partial charge in [0, 0.05) is 20.0 Å². The van der Waals surface area contributed by atoms with Gasteiger partial charge < -0.3 is 14.0 Å². The number of methoxy groups -OCH3 is 1. The summed E-state index contributed by atoms with van der Waals surface area (Å²) < 4.78 is 11.9. The molecule has 4 heteroatoms. The van der Waals surface area contributed by atoms with Crippen LogP contribution in [0.2, 0.25) is 18.1 Å². The summed E-state index contributed by atoms with van der Waals surface area (Å²) in [6.07, 6.45) is 2.61. The maximum atomic E-state index is 10.8. The van der Waals surface area contributed by atoms with Crippen LogP contribution in [0, 0.1) is 11.8 Å². The summed E-state index contributed by atoms with van der Waals surface area (Å²) in [4.78, 5) is 10.8. The predicted octanol–water partition coefficient (Wildman–Crippen LogP) is 3.78. The molecule has 0 saturated carbocycles. The normalized spacial score (nSPS) is 15.2. The lowest BCUT2D eigenvalue weighted by atomic mass is 10.1. The van der Waals surface area contributed by atoms with Gasteiger partial charge in [0.1, 0.15) is 6.29 Å². The number of rotatable bonds is 8. The van der Waals surface area contributed by atoms with Crippen LogP contribution in [0.3, 0.4) is 0 Å².